The van der Waals surface area contributed by atoms with Gasteiger partial charge in [-0.2, -0.15) is 0 Å². The molecule has 0 aromatic heterocycles. The minimum atomic E-state index is -0.0290. The minimum Gasteiger partial charge on any atom is -0.507 e. The van der Waals surface area contributed by atoms with E-state index in [-0.39, 0.29) is 22.4 Å². The Hall–Kier alpha value is -1.31. The highest BCUT2D eigenvalue weighted by atomic mass is 16.3. The molecule has 1 aromatic carbocycles. The quantitative estimate of drug-likeness (QED) is 0.273. The first kappa shape index (κ1) is 24.7. The van der Waals surface area contributed by atoms with Gasteiger partial charge in [-0.3, -0.25) is 4.79 Å². The topological polar surface area (TPSA) is 37.3 Å². The largest absolute Gasteiger partial charge is 0.507 e. The van der Waals surface area contributed by atoms with Gasteiger partial charge >= 0.3 is 0 Å². The number of phenols is 1. The van der Waals surface area contributed by atoms with Gasteiger partial charge in [-0.15, -0.1) is 0 Å². The molecule has 0 aliphatic heterocycles. The van der Waals surface area contributed by atoms with Gasteiger partial charge in [0.1, 0.15) is 5.75 Å². The van der Waals surface area contributed by atoms with Gasteiger partial charge in [0.15, 0.2) is 5.78 Å². The molecule has 2 nitrogen and oxygen atoms in total. The number of ketones is 1. The summed E-state index contributed by atoms with van der Waals surface area (Å²) in [6.07, 6.45) is 12.7. The summed E-state index contributed by atoms with van der Waals surface area (Å²) in [6, 6.07) is 5.59. The molecule has 160 valence electrons. The molecule has 0 fully saturated rings. The summed E-state index contributed by atoms with van der Waals surface area (Å²) < 4.78 is 0. The van der Waals surface area contributed by atoms with E-state index in [2.05, 4.69) is 41.5 Å². The number of aromatic hydroxyl groups is 1. The first-order chi connectivity index (χ1) is 13.1. The zero-order valence-corrected chi connectivity index (χ0v) is 19.4. The first-order valence-corrected chi connectivity index (χ1v) is 11.4. The lowest BCUT2D eigenvalue weighted by atomic mass is 9.72. The molecule has 1 N–H and O–H groups in total. The van der Waals surface area contributed by atoms with Crippen LogP contribution in [0.15, 0.2) is 18.2 Å². The maximum Gasteiger partial charge on any atom is 0.166 e. The predicted octanol–water partition coefficient (Wildman–Crippen LogP) is 8.21. The number of phenolic OH excluding ortho intramolecular Hbond substituents is 1. The molecule has 28 heavy (non-hydrogen) atoms. The number of unbranched alkanes of at least 4 members (excludes halogenated alkanes) is 8. The number of Topliss-reactive ketones (excluding diaryl/α,β-unsaturated/α-hetero) is 1. The summed E-state index contributed by atoms with van der Waals surface area (Å²) in [6.45, 7) is 13.4. The van der Waals surface area contributed by atoms with E-state index in [1.54, 1.807) is 6.07 Å². The van der Waals surface area contributed by atoms with Gasteiger partial charge in [0.2, 0.25) is 0 Å². The van der Waals surface area contributed by atoms with Crippen LogP contribution in [-0.2, 0) is 5.41 Å². The molecule has 2 heteroatoms. The summed E-state index contributed by atoms with van der Waals surface area (Å²) in [7, 11) is 0. The van der Waals surface area contributed by atoms with Crippen LogP contribution >= 0.6 is 0 Å². The number of hydrogen-bond acceptors (Lipinski definition) is 2. The molecular formula is C26H44O2. The highest BCUT2D eigenvalue weighted by Crippen LogP contribution is 2.37. The molecule has 0 saturated carbocycles. The van der Waals surface area contributed by atoms with Crippen LogP contribution in [0.1, 0.15) is 128 Å². The molecule has 1 aromatic rings. The Kier molecular flexibility index (Phi) is 10.3. The van der Waals surface area contributed by atoms with Crippen LogP contribution in [0.3, 0.4) is 0 Å². The van der Waals surface area contributed by atoms with Crippen LogP contribution in [0, 0.1) is 5.41 Å². The third-order valence-corrected chi connectivity index (χ3v) is 5.56. The molecule has 0 aliphatic rings. The van der Waals surface area contributed by atoms with Crippen molar-refractivity contribution in [3.8, 4) is 5.75 Å². The van der Waals surface area contributed by atoms with E-state index in [0.29, 0.717) is 12.0 Å². The molecule has 0 bridgehead atoms. The SMILES string of the molecule is CCCCCCCCCCCC(=O)c1cc(C(C)(C)CC(C)(C)C)ccc1O. The number of benzene rings is 1. The van der Waals surface area contributed by atoms with Crippen LogP contribution in [-0.4, -0.2) is 10.9 Å². The van der Waals surface area contributed by atoms with Crippen molar-refractivity contribution in [2.45, 2.75) is 118 Å². The van der Waals surface area contributed by atoms with E-state index in [1.807, 2.05) is 12.1 Å². The fourth-order valence-corrected chi connectivity index (χ4v) is 4.34. The van der Waals surface area contributed by atoms with Crippen molar-refractivity contribution in [3.63, 3.8) is 0 Å². The van der Waals surface area contributed by atoms with E-state index < -0.39 is 0 Å². The van der Waals surface area contributed by atoms with Crippen LogP contribution < -0.4 is 0 Å². The second-order valence-electron chi connectivity index (χ2n) is 10.4. The normalized spacial score (nSPS) is 12.4. The van der Waals surface area contributed by atoms with Gasteiger partial charge in [-0.05, 0) is 41.4 Å². The van der Waals surface area contributed by atoms with Crippen LogP contribution in [0.5, 0.6) is 5.75 Å². The monoisotopic (exact) mass is 388 g/mol. The number of carbonyl (C=O) groups excluding carboxylic acids is 1. The highest BCUT2D eigenvalue weighted by molar-refractivity contribution is 5.98. The molecule has 0 amide bonds. The van der Waals surface area contributed by atoms with Crippen molar-refractivity contribution in [1.29, 1.82) is 0 Å². The predicted molar refractivity (Wildman–Crippen MR) is 121 cm³/mol. The number of rotatable bonds is 13. The van der Waals surface area contributed by atoms with Gasteiger partial charge in [0.25, 0.3) is 0 Å². The average molecular weight is 389 g/mol. The molecule has 0 saturated heterocycles. The molecule has 0 radical (unpaired) electrons. The van der Waals surface area contributed by atoms with Crippen molar-refractivity contribution in [2.75, 3.05) is 0 Å². The number of hydrogen-bond donors (Lipinski definition) is 1. The third-order valence-electron chi connectivity index (χ3n) is 5.56. The van der Waals surface area contributed by atoms with Crippen molar-refractivity contribution in [3.05, 3.63) is 29.3 Å². The summed E-state index contributed by atoms with van der Waals surface area (Å²) in [5, 5.41) is 10.2. The van der Waals surface area contributed by atoms with Crippen LogP contribution in [0.25, 0.3) is 0 Å². The number of carbonyl (C=O) groups is 1. The summed E-state index contributed by atoms with van der Waals surface area (Å²) in [5.41, 5.74) is 1.82. The zero-order chi connectivity index (χ0) is 21.2. The minimum absolute atomic E-state index is 0.0290. The van der Waals surface area contributed by atoms with Crippen molar-refractivity contribution in [1.82, 2.24) is 0 Å². The van der Waals surface area contributed by atoms with E-state index in [1.165, 1.54) is 44.9 Å². The fraction of sp³-hybridized carbons (Fsp3) is 0.731. The standard InChI is InChI=1S/C26H44O2/c1-7-8-9-10-11-12-13-14-15-16-23(27)22-19-21(17-18-24(22)28)26(5,6)20-25(2,3)4/h17-19,28H,7-16,20H2,1-6H3. The fourth-order valence-electron chi connectivity index (χ4n) is 4.34. The Morgan fingerprint density at radius 1 is 0.857 bits per heavy atom. The summed E-state index contributed by atoms with van der Waals surface area (Å²) >= 11 is 0. The zero-order valence-electron chi connectivity index (χ0n) is 19.4. The molecule has 0 heterocycles. The summed E-state index contributed by atoms with van der Waals surface area (Å²) in [4.78, 5) is 12.7. The Balaban J connectivity index is 2.53. The molecule has 0 atom stereocenters. The van der Waals surface area contributed by atoms with Gasteiger partial charge in [0, 0.05) is 6.42 Å². The second-order valence-corrected chi connectivity index (χ2v) is 10.4. The smallest absolute Gasteiger partial charge is 0.166 e. The molecular weight excluding hydrogens is 344 g/mol. The Morgan fingerprint density at radius 3 is 1.93 bits per heavy atom. The maximum absolute atomic E-state index is 12.7. The molecule has 0 aliphatic carbocycles. The molecule has 0 spiro atoms. The van der Waals surface area contributed by atoms with E-state index in [9.17, 15) is 9.90 Å². The lowest BCUT2D eigenvalue weighted by Gasteiger charge is -2.33. The van der Waals surface area contributed by atoms with Gasteiger partial charge in [0.05, 0.1) is 5.56 Å². The average Bonchev–Trinajstić information content (AvgIpc) is 2.58. The van der Waals surface area contributed by atoms with Crippen molar-refractivity contribution >= 4 is 5.78 Å². The van der Waals surface area contributed by atoms with E-state index in [0.717, 1.165) is 24.8 Å². The highest BCUT2D eigenvalue weighted by Gasteiger charge is 2.28. The van der Waals surface area contributed by atoms with Crippen LogP contribution in [0.4, 0.5) is 0 Å². The maximum atomic E-state index is 12.7. The second kappa shape index (κ2) is 11.6. The molecule has 1 rings (SSSR count). The Labute approximate surface area is 174 Å². The summed E-state index contributed by atoms with van der Waals surface area (Å²) in [5.74, 6) is 0.199. The Morgan fingerprint density at radius 2 is 1.39 bits per heavy atom. The van der Waals surface area contributed by atoms with Gasteiger partial charge in [-0.1, -0.05) is 99.0 Å². The lowest BCUT2D eigenvalue weighted by Crippen LogP contribution is -2.25. The van der Waals surface area contributed by atoms with Gasteiger partial charge in [-0.25, -0.2) is 0 Å². The first-order valence-electron chi connectivity index (χ1n) is 11.4. The van der Waals surface area contributed by atoms with Crippen LogP contribution in [0.2, 0.25) is 0 Å². The van der Waals surface area contributed by atoms with E-state index in [4.69, 9.17) is 0 Å². The lowest BCUT2D eigenvalue weighted by molar-refractivity contribution is 0.0976. The van der Waals surface area contributed by atoms with Gasteiger partial charge < -0.3 is 5.11 Å². The third kappa shape index (κ3) is 9.26. The van der Waals surface area contributed by atoms with Crippen molar-refractivity contribution in [2.24, 2.45) is 5.41 Å². The van der Waals surface area contributed by atoms with E-state index >= 15 is 0 Å². The molecule has 0 unspecified atom stereocenters. The Bertz CT molecular complexity index is 593. The van der Waals surface area contributed by atoms with Crippen molar-refractivity contribution < 1.29 is 9.90 Å².